The minimum absolute atomic E-state index is 0.0642. The van der Waals surface area contributed by atoms with Crippen LogP contribution in [0.5, 0.6) is 0 Å². The first-order valence-corrected chi connectivity index (χ1v) is 7.52. The number of aliphatic hydroxyl groups excluding tert-OH is 1. The fraction of sp³-hybridized carbons (Fsp3) is 1.00. The van der Waals surface area contributed by atoms with Crippen molar-refractivity contribution >= 4 is 0 Å². The van der Waals surface area contributed by atoms with Crippen LogP contribution in [0.15, 0.2) is 0 Å². The van der Waals surface area contributed by atoms with Crippen molar-refractivity contribution in [1.82, 2.24) is 0 Å². The molecule has 0 radical (unpaired) electrons. The zero-order valence-electron chi connectivity index (χ0n) is 11.5. The van der Waals surface area contributed by atoms with Gasteiger partial charge in [-0.2, -0.15) is 0 Å². The summed E-state index contributed by atoms with van der Waals surface area (Å²) >= 11 is 0. The first-order chi connectivity index (χ1) is 8.23. The molecule has 0 amide bonds. The van der Waals surface area contributed by atoms with Crippen LogP contribution < -0.4 is 0 Å². The molecule has 0 aromatic carbocycles. The van der Waals surface area contributed by atoms with E-state index in [1.807, 2.05) is 0 Å². The van der Waals surface area contributed by atoms with E-state index in [-0.39, 0.29) is 11.5 Å². The van der Waals surface area contributed by atoms with Crippen LogP contribution in [-0.4, -0.2) is 23.9 Å². The van der Waals surface area contributed by atoms with Crippen molar-refractivity contribution < 1.29 is 9.84 Å². The van der Waals surface area contributed by atoms with E-state index >= 15 is 0 Å². The molecule has 2 atom stereocenters. The van der Waals surface area contributed by atoms with Crippen molar-refractivity contribution in [2.24, 2.45) is 11.3 Å². The summed E-state index contributed by atoms with van der Waals surface area (Å²) in [5.74, 6) is 0.785. The Morgan fingerprint density at radius 2 is 1.76 bits per heavy atom. The van der Waals surface area contributed by atoms with Gasteiger partial charge in [0.05, 0.1) is 12.2 Å². The lowest BCUT2D eigenvalue weighted by Gasteiger charge is -2.53. The van der Waals surface area contributed by atoms with Gasteiger partial charge in [-0.15, -0.1) is 0 Å². The Kier molecular flexibility index (Phi) is 4.48. The maximum atomic E-state index is 9.99. The second-order valence-corrected chi connectivity index (χ2v) is 6.02. The first kappa shape index (κ1) is 13.4. The van der Waals surface area contributed by atoms with E-state index in [0.717, 1.165) is 31.8 Å². The van der Waals surface area contributed by atoms with Crippen LogP contribution in [0.3, 0.4) is 0 Å². The van der Waals surface area contributed by atoms with Crippen molar-refractivity contribution in [2.45, 2.75) is 77.4 Å². The molecule has 0 bridgehead atoms. The van der Waals surface area contributed by atoms with Gasteiger partial charge in [-0.3, -0.25) is 0 Å². The molecule has 1 N–H and O–H groups in total. The highest BCUT2D eigenvalue weighted by Crippen LogP contribution is 2.49. The smallest absolute Gasteiger partial charge is 0.0680 e. The molecule has 2 fully saturated rings. The molecule has 0 aromatic rings. The SMILES string of the molecule is CCC1(CC)C(O)CC1OCC1CCCCC1. The van der Waals surface area contributed by atoms with E-state index in [0.29, 0.717) is 6.10 Å². The molecule has 2 aliphatic rings. The highest BCUT2D eigenvalue weighted by molar-refractivity contribution is 5.02. The highest BCUT2D eigenvalue weighted by atomic mass is 16.5. The topological polar surface area (TPSA) is 29.5 Å². The molecule has 2 nitrogen and oxygen atoms in total. The fourth-order valence-corrected chi connectivity index (χ4v) is 3.74. The second-order valence-electron chi connectivity index (χ2n) is 6.02. The average molecular weight is 240 g/mol. The average Bonchev–Trinajstić information content (AvgIpc) is 2.37. The Bertz CT molecular complexity index is 229. The van der Waals surface area contributed by atoms with E-state index in [2.05, 4.69) is 13.8 Å². The largest absolute Gasteiger partial charge is 0.392 e. The lowest BCUT2D eigenvalue weighted by Crippen LogP contribution is -2.57. The molecule has 100 valence electrons. The third-order valence-corrected chi connectivity index (χ3v) is 5.32. The number of hydrogen-bond donors (Lipinski definition) is 1. The number of aliphatic hydroxyl groups is 1. The Morgan fingerprint density at radius 3 is 2.29 bits per heavy atom. The number of ether oxygens (including phenoxy) is 1. The molecular weight excluding hydrogens is 212 g/mol. The van der Waals surface area contributed by atoms with Gasteiger partial charge in [0.15, 0.2) is 0 Å². The normalized spacial score (nSPS) is 33.4. The van der Waals surface area contributed by atoms with Gasteiger partial charge in [-0.05, 0) is 31.6 Å². The van der Waals surface area contributed by atoms with Gasteiger partial charge in [0.2, 0.25) is 0 Å². The third-order valence-electron chi connectivity index (χ3n) is 5.32. The highest BCUT2D eigenvalue weighted by Gasteiger charge is 2.52. The van der Waals surface area contributed by atoms with Crippen LogP contribution in [0.4, 0.5) is 0 Å². The molecule has 0 heterocycles. The minimum Gasteiger partial charge on any atom is -0.392 e. The molecule has 2 rings (SSSR count). The van der Waals surface area contributed by atoms with Crippen LogP contribution in [-0.2, 0) is 4.74 Å². The monoisotopic (exact) mass is 240 g/mol. The standard InChI is InChI=1S/C15H28O2/c1-3-15(4-2)13(16)10-14(15)17-11-12-8-6-5-7-9-12/h12-14,16H,3-11H2,1-2H3. The van der Waals surface area contributed by atoms with Gasteiger partial charge in [-0.25, -0.2) is 0 Å². The van der Waals surface area contributed by atoms with Crippen molar-refractivity contribution in [1.29, 1.82) is 0 Å². The van der Waals surface area contributed by atoms with E-state index in [9.17, 15) is 5.11 Å². The van der Waals surface area contributed by atoms with Gasteiger partial charge in [0.25, 0.3) is 0 Å². The summed E-state index contributed by atoms with van der Waals surface area (Å²) in [6, 6.07) is 0. The van der Waals surface area contributed by atoms with E-state index in [1.165, 1.54) is 32.1 Å². The number of rotatable bonds is 5. The maximum absolute atomic E-state index is 9.99. The van der Waals surface area contributed by atoms with Crippen LogP contribution >= 0.6 is 0 Å². The Hall–Kier alpha value is -0.0800. The van der Waals surface area contributed by atoms with Gasteiger partial charge < -0.3 is 9.84 Å². The van der Waals surface area contributed by atoms with E-state index in [4.69, 9.17) is 4.74 Å². The molecule has 0 spiro atoms. The van der Waals surface area contributed by atoms with E-state index < -0.39 is 0 Å². The summed E-state index contributed by atoms with van der Waals surface area (Å²) in [6.07, 6.45) is 9.99. The lowest BCUT2D eigenvalue weighted by molar-refractivity contribution is -0.201. The summed E-state index contributed by atoms with van der Waals surface area (Å²) in [7, 11) is 0. The van der Waals surface area contributed by atoms with Gasteiger partial charge in [0, 0.05) is 18.4 Å². The fourth-order valence-electron chi connectivity index (χ4n) is 3.74. The molecular formula is C15H28O2. The minimum atomic E-state index is -0.131. The molecule has 2 saturated carbocycles. The molecule has 0 aromatic heterocycles. The van der Waals surface area contributed by atoms with Crippen molar-refractivity contribution in [3.63, 3.8) is 0 Å². The van der Waals surface area contributed by atoms with Crippen LogP contribution in [0.1, 0.15) is 65.2 Å². The Labute approximate surface area is 106 Å². The molecule has 17 heavy (non-hydrogen) atoms. The molecule has 0 saturated heterocycles. The summed E-state index contributed by atoms with van der Waals surface area (Å²) in [5, 5.41) is 9.99. The molecule has 2 heteroatoms. The lowest BCUT2D eigenvalue weighted by atomic mass is 9.60. The summed E-state index contributed by atoms with van der Waals surface area (Å²) < 4.78 is 6.13. The zero-order chi connectivity index (χ0) is 12.3. The third kappa shape index (κ3) is 2.53. The predicted octanol–water partition coefficient (Wildman–Crippen LogP) is 3.52. The van der Waals surface area contributed by atoms with Crippen molar-refractivity contribution in [3.8, 4) is 0 Å². The summed E-state index contributed by atoms with van der Waals surface area (Å²) in [5.41, 5.74) is 0.0642. The molecule has 2 unspecified atom stereocenters. The second kappa shape index (κ2) is 5.71. The van der Waals surface area contributed by atoms with Crippen LogP contribution in [0, 0.1) is 11.3 Å². The van der Waals surface area contributed by atoms with Gasteiger partial charge in [0.1, 0.15) is 0 Å². The number of hydrogen-bond acceptors (Lipinski definition) is 2. The van der Waals surface area contributed by atoms with Crippen LogP contribution in [0.25, 0.3) is 0 Å². The van der Waals surface area contributed by atoms with Crippen LogP contribution in [0.2, 0.25) is 0 Å². The van der Waals surface area contributed by atoms with E-state index in [1.54, 1.807) is 0 Å². The van der Waals surface area contributed by atoms with Gasteiger partial charge >= 0.3 is 0 Å². The Balaban J connectivity index is 1.79. The van der Waals surface area contributed by atoms with Crippen molar-refractivity contribution in [2.75, 3.05) is 6.61 Å². The Morgan fingerprint density at radius 1 is 1.12 bits per heavy atom. The maximum Gasteiger partial charge on any atom is 0.0680 e. The molecule has 0 aliphatic heterocycles. The van der Waals surface area contributed by atoms with Gasteiger partial charge in [-0.1, -0.05) is 33.1 Å². The zero-order valence-corrected chi connectivity index (χ0v) is 11.5. The first-order valence-electron chi connectivity index (χ1n) is 7.52. The predicted molar refractivity (Wildman–Crippen MR) is 70.0 cm³/mol. The summed E-state index contributed by atoms with van der Waals surface area (Å²) in [6.45, 7) is 5.30. The summed E-state index contributed by atoms with van der Waals surface area (Å²) in [4.78, 5) is 0. The quantitative estimate of drug-likeness (QED) is 0.796. The molecule has 2 aliphatic carbocycles. The van der Waals surface area contributed by atoms with Crippen molar-refractivity contribution in [3.05, 3.63) is 0 Å².